The Morgan fingerprint density at radius 1 is 1.56 bits per heavy atom. The summed E-state index contributed by atoms with van der Waals surface area (Å²) in [5.74, 6) is 0.704. The van der Waals surface area contributed by atoms with Crippen LogP contribution in [0.2, 0.25) is 0 Å². The highest BCUT2D eigenvalue weighted by Gasteiger charge is 2.30. The fourth-order valence-electron chi connectivity index (χ4n) is 1.90. The number of rotatable bonds is 5. The predicted molar refractivity (Wildman–Crippen MR) is 68.3 cm³/mol. The molecule has 5 heteroatoms. The molecule has 5 nitrogen and oxygen atoms in total. The van der Waals surface area contributed by atoms with Gasteiger partial charge in [-0.1, -0.05) is 6.92 Å². The van der Waals surface area contributed by atoms with Crippen LogP contribution in [0.4, 0.5) is 0 Å². The number of aromatic nitrogens is 1. The lowest BCUT2D eigenvalue weighted by molar-refractivity contribution is -0.132. The van der Waals surface area contributed by atoms with Gasteiger partial charge in [-0.15, -0.1) is 0 Å². The standard InChI is InChI=1S/C13H19N3O2/c1-3-14-8-10-4-5-11(9-15-10)18-12-6-7-16(2)13(12)17/h4-5,9,12,14H,3,6-8H2,1-2H3. The van der Waals surface area contributed by atoms with Gasteiger partial charge in [0, 0.05) is 26.6 Å². The summed E-state index contributed by atoms with van der Waals surface area (Å²) in [7, 11) is 1.80. The van der Waals surface area contributed by atoms with E-state index in [1.807, 2.05) is 12.1 Å². The van der Waals surface area contributed by atoms with E-state index >= 15 is 0 Å². The minimum atomic E-state index is -0.351. The molecule has 1 aromatic rings. The Kier molecular flexibility index (Phi) is 4.15. The van der Waals surface area contributed by atoms with E-state index in [1.165, 1.54) is 0 Å². The van der Waals surface area contributed by atoms with Gasteiger partial charge in [0.05, 0.1) is 11.9 Å². The minimum absolute atomic E-state index is 0.0479. The molecule has 0 saturated carbocycles. The van der Waals surface area contributed by atoms with Gasteiger partial charge in [0.25, 0.3) is 5.91 Å². The van der Waals surface area contributed by atoms with E-state index in [2.05, 4.69) is 17.2 Å². The highest BCUT2D eigenvalue weighted by Crippen LogP contribution is 2.17. The lowest BCUT2D eigenvalue weighted by Gasteiger charge is -2.12. The Bertz CT molecular complexity index is 405. The molecule has 1 amide bonds. The Morgan fingerprint density at radius 2 is 2.39 bits per heavy atom. The second-order valence-corrected chi connectivity index (χ2v) is 4.42. The number of carbonyl (C=O) groups excluding carboxylic acids is 1. The number of likely N-dealkylation sites (N-methyl/N-ethyl adjacent to an activating group) is 1. The first-order valence-corrected chi connectivity index (χ1v) is 6.28. The third-order valence-electron chi connectivity index (χ3n) is 3.01. The fourth-order valence-corrected chi connectivity index (χ4v) is 1.90. The van der Waals surface area contributed by atoms with Gasteiger partial charge in [0.15, 0.2) is 6.10 Å². The zero-order valence-electron chi connectivity index (χ0n) is 10.8. The number of nitrogens with zero attached hydrogens (tertiary/aromatic N) is 2. The van der Waals surface area contributed by atoms with Crippen molar-refractivity contribution < 1.29 is 9.53 Å². The van der Waals surface area contributed by atoms with Gasteiger partial charge in [-0.05, 0) is 18.7 Å². The van der Waals surface area contributed by atoms with Gasteiger partial charge in [-0.2, -0.15) is 0 Å². The Hall–Kier alpha value is -1.62. The molecule has 0 aliphatic carbocycles. The van der Waals surface area contributed by atoms with E-state index < -0.39 is 0 Å². The molecule has 2 rings (SSSR count). The van der Waals surface area contributed by atoms with E-state index in [-0.39, 0.29) is 12.0 Å². The van der Waals surface area contributed by atoms with Crippen molar-refractivity contribution in [1.29, 1.82) is 0 Å². The van der Waals surface area contributed by atoms with E-state index in [1.54, 1.807) is 18.1 Å². The Labute approximate surface area is 107 Å². The summed E-state index contributed by atoms with van der Waals surface area (Å²) in [6, 6.07) is 3.78. The van der Waals surface area contributed by atoms with Gasteiger partial charge < -0.3 is 15.0 Å². The summed E-state index contributed by atoms with van der Waals surface area (Å²) < 4.78 is 5.64. The van der Waals surface area contributed by atoms with E-state index in [0.29, 0.717) is 5.75 Å². The number of hydrogen-bond acceptors (Lipinski definition) is 4. The van der Waals surface area contributed by atoms with Gasteiger partial charge >= 0.3 is 0 Å². The largest absolute Gasteiger partial charge is 0.479 e. The summed E-state index contributed by atoms with van der Waals surface area (Å²) in [5, 5.41) is 3.21. The third kappa shape index (κ3) is 2.98. The number of pyridine rings is 1. The average molecular weight is 249 g/mol. The van der Waals surface area contributed by atoms with E-state index in [9.17, 15) is 4.79 Å². The Morgan fingerprint density at radius 3 is 2.94 bits per heavy atom. The van der Waals surface area contributed by atoms with Gasteiger partial charge in [-0.3, -0.25) is 9.78 Å². The second-order valence-electron chi connectivity index (χ2n) is 4.42. The van der Waals surface area contributed by atoms with Crippen molar-refractivity contribution in [2.45, 2.75) is 26.0 Å². The molecular weight excluding hydrogens is 230 g/mol. The molecule has 0 radical (unpaired) electrons. The normalized spacial score (nSPS) is 19.3. The SMILES string of the molecule is CCNCc1ccc(OC2CCN(C)C2=O)cn1. The smallest absolute Gasteiger partial charge is 0.263 e. The zero-order valence-corrected chi connectivity index (χ0v) is 10.8. The van der Waals surface area contributed by atoms with Crippen molar-refractivity contribution in [1.82, 2.24) is 15.2 Å². The van der Waals surface area contributed by atoms with E-state index in [0.717, 1.165) is 31.7 Å². The molecule has 98 valence electrons. The predicted octanol–water partition coefficient (Wildman–Crippen LogP) is 0.801. The van der Waals surface area contributed by atoms with Crippen molar-refractivity contribution >= 4 is 5.91 Å². The van der Waals surface area contributed by atoms with Crippen molar-refractivity contribution in [3.8, 4) is 5.75 Å². The molecule has 0 spiro atoms. The maximum atomic E-state index is 11.7. The molecule has 1 aliphatic rings. The molecule has 1 fully saturated rings. The number of nitrogens with one attached hydrogen (secondary N) is 1. The topological polar surface area (TPSA) is 54.5 Å². The minimum Gasteiger partial charge on any atom is -0.479 e. The molecule has 18 heavy (non-hydrogen) atoms. The molecule has 1 N–H and O–H groups in total. The maximum Gasteiger partial charge on any atom is 0.263 e. The van der Waals surface area contributed by atoms with Crippen LogP contribution < -0.4 is 10.1 Å². The first kappa shape index (κ1) is 12.8. The van der Waals surface area contributed by atoms with Gasteiger partial charge in [-0.25, -0.2) is 0 Å². The summed E-state index contributed by atoms with van der Waals surface area (Å²) in [6.45, 7) is 4.49. The van der Waals surface area contributed by atoms with Gasteiger partial charge in [0.2, 0.25) is 0 Å². The first-order valence-electron chi connectivity index (χ1n) is 6.28. The fraction of sp³-hybridized carbons (Fsp3) is 0.538. The quantitative estimate of drug-likeness (QED) is 0.838. The third-order valence-corrected chi connectivity index (χ3v) is 3.01. The number of amides is 1. The van der Waals surface area contributed by atoms with Crippen LogP contribution in [0.3, 0.4) is 0 Å². The summed E-state index contributed by atoms with van der Waals surface area (Å²) in [4.78, 5) is 17.7. The monoisotopic (exact) mass is 249 g/mol. The van der Waals surface area contributed by atoms with Crippen molar-refractivity contribution in [3.05, 3.63) is 24.0 Å². The van der Waals surface area contributed by atoms with Crippen LogP contribution >= 0.6 is 0 Å². The molecule has 1 aromatic heterocycles. The molecule has 1 unspecified atom stereocenters. The highest BCUT2D eigenvalue weighted by atomic mass is 16.5. The van der Waals surface area contributed by atoms with Crippen LogP contribution in [-0.2, 0) is 11.3 Å². The molecule has 2 heterocycles. The average Bonchev–Trinajstić information content (AvgIpc) is 2.70. The zero-order chi connectivity index (χ0) is 13.0. The number of likely N-dealkylation sites (tertiary alicyclic amines) is 1. The summed E-state index contributed by atoms with van der Waals surface area (Å²) >= 11 is 0. The summed E-state index contributed by atoms with van der Waals surface area (Å²) in [5.41, 5.74) is 0.971. The van der Waals surface area contributed by atoms with Crippen LogP contribution in [0.1, 0.15) is 19.0 Å². The lowest BCUT2D eigenvalue weighted by Crippen LogP contribution is -2.29. The van der Waals surface area contributed by atoms with Crippen LogP contribution in [0.5, 0.6) is 5.75 Å². The van der Waals surface area contributed by atoms with Crippen molar-refractivity contribution in [2.75, 3.05) is 20.1 Å². The van der Waals surface area contributed by atoms with Crippen LogP contribution in [0, 0.1) is 0 Å². The van der Waals surface area contributed by atoms with Crippen molar-refractivity contribution in [3.63, 3.8) is 0 Å². The number of hydrogen-bond donors (Lipinski definition) is 1. The Balaban J connectivity index is 1.92. The first-order chi connectivity index (χ1) is 8.70. The lowest BCUT2D eigenvalue weighted by atomic mass is 10.3. The highest BCUT2D eigenvalue weighted by molar-refractivity contribution is 5.83. The van der Waals surface area contributed by atoms with Crippen LogP contribution in [-0.4, -0.2) is 42.0 Å². The molecule has 1 aliphatic heterocycles. The van der Waals surface area contributed by atoms with E-state index in [4.69, 9.17) is 4.74 Å². The maximum absolute atomic E-state index is 11.7. The second kappa shape index (κ2) is 5.82. The molecule has 0 aromatic carbocycles. The molecule has 0 bridgehead atoms. The number of ether oxygens (including phenoxy) is 1. The van der Waals surface area contributed by atoms with Gasteiger partial charge in [0.1, 0.15) is 5.75 Å². The van der Waals surface area contributed by atoms with Crippen LogP contribution in [0.15, 0.2) is 18.3 Å². The van der Waals surface area contributed by atoms with Crippen LogP contribution in [0.25, 0.3) is 0 Å². The molecular formula is C13H19N3O2. The van der Waals surface area contributed by atoms with Crippen molar-refractivity contribution in [2.24, 2.45) is 0 Å². The summed E-state index contributed by atoms with van der Waals surface area (Å²) in [6.07, 6.45) is 2.07. The number of carbonyl (C=O) groups is 1. The molecule has 1 atom stereocenters. The molecule has 1 saturated heterocycles.